The van der Waals surface area contributed by atoms with Crippen molar-refractivity contribution in [2.75, 3.05) is 0 Å². The van der Waals surface area contributed by atoms with Gasteiger partial charge in [0.15, 0.2) is 0 Å². The fraction of sp³-hybridized carbons (Fsp3) is 0.118. The van der Waals surface area contributed by atoms with Crippen molar-refractivity contribution in [3.8, 4) is 11.3 Å². The van der Waals surface area contributed by atoms with Gasteiger partial charge < -0.3 is 0 Å². The summed E-state index contributed by atoms with van der Waals surface area (Å²) in [5.74, 6) is 0. The van der Waals surface area contributed by atoms with E-state index < -0.39 is 11.7 Å². The predicted molar refractivity (Wildman–Crippen MR) is 85.9 cm³/mol. The Morgan fingerprint density at radius 2 is 1.74 bits per heavy atom. The zero-order chi connectivity index (χ0) is 16.4. The Balaban J connectivity index is 1.77. The highest BCUT2D eigenvalue weighted by Crippen LogP contribution is 2.29. The Hall–Kier alpha value is -2.08. The van der Waals surface area contributed by atoms with Crippen molar-refractivity contribution in [1.82, 2.24) is 9.78 Å². The lowest BCUT2D eigenvalue weighted by molar-refractivity contribution is -0.137. The van der Waals surface area contributed by atoms with Gasteiger partial charge in [0, 0.05) is 16.2 Å². The van der Waals surface area contributed by atoms with Gasteiger partial charge in [-0.25, -0.2) is 0 Å². The summed E-state index contributed by atoms with van der Waals surface area (Å²) >= 11 is 3.42. The molecule has 1 heterocycles. The smallest absolute Gasteiger partial charge is 0.268 e. The maximum Gasteiger partial charge on any atom is 0.416 e. The van der Waals surface area contributed by atoms with E-state index in [1.165, 1.54) is 12.1 Å². The molecule has 0 spiro atoms. The van der Waals surface area contributed by atoms with E-state index in [0.29, 0.717) is 6.54 Å². The van der Waals surface area contributed by atoms with E-state index in [-0.39, 0.29) is 0 Å². The van der Waals surface area contributed by atoms with Crippen molar-refractivity contribution in [1.29, 1.82) is 0 Å². The molecule has 0 unspecified atom stereocenters. The lowest BCUT2D eigenvalue weighted by Gasteiger charge is -2.07. The van der Waals surface area contributed by atoms with Crippen molar-refractivity contribution in [2.24, 2.45) is 0 Å². The van der Waals surface area contributed by atoms with E-state index in [9.17, 15) is 13.2 Å². The molecule has 2 nitrogen and oxygen atoms in total. The van der Waals surface area contributed by atoms with Crippen LogP contribution in [-0.4, -0.2) is 9.78 Å². The summed E-state index contributed by atoms with van der Waals surface area (Å²) in [6.07, 6.45) is -2.49. The van der Waals surface area contributed by atoms with Crippen molar-refractivity contribution in [2.45, 2.75) is 12.7 Å². The van der Waals surface area contributed by atoms with Gasteiger partial charge in [0.2, 0.25) is 0 Å². The minimum Gasteiger partial charge on any atom is -0.268 e. The van der Waals surface area contributed by atoms with Crippen molar-refractivity contribution >= 4 is 15.9 Å². The Labute approximate surface area is 139 Å². The summed E-state index contributed by atoms with van der Waals surface area (Å²) in [6.45, 7) is 0.423. The van der Waals surface area contributed by atoms with Crippen LogP contribution in [0.2, 0.25) is 0 Å². The second kappa shape index (κ2) is 6.20. The first kappa shape index (κ1) is 15.8. The molecule has 118 valence electrons. The molecule has 0 radical (unpaired) electrons. The fourth-order valence-corrected chi connectivity index (χ4v) is 2.64. The molecule has 0 fully saturated rings. The first-order chi connectivity index (χ1) is 10.9. The van der Waals surface area contributed by atoms with Crippen LogP contribution < -0.4 is 0 Å². The Kier molecular flexibility index (Phi) is 4.26. The maximum atomic E-state index is 12.5. The first-order valence-electron chi connectivity index (χ1n) is 6.87. The largest absolute Gasteiger partial charge is 0.416 e. The van der Waals surface area contributed by atoms with Crippen LogP contribution in [0.1, 0.15) is 11.1 Å². The normalized spacial score (nSPS) is 11.7. The summed E-state index contributed by atoms with van der Waals surface area (Å²) in [4.78, 5) is 0. The topological polar surface area (TPSA) is 17.8 Å². The van der Waals surface area contributed by atoms with E-state index in [0.717, 1.165) is 33.4 Å². The molecule has 0 aliphatic carbocycles. The Bertz CT molecular complexity index is 807. The molecular weight excluding hydrogens is 369 g/mol. The Morgan fingerprint density at radius 3 is 2.39 bits per heavy atom. The van der Waals surface area contributed by atoms with Gasteiger partial charge in [0.1, 0.15) is 0 Å². The zero-order valence-electron chi connectivity index (χ0n) is 11.9. The number of benzene rings is 2. The minimum absolute atomic E-state index is 0.423. The molecular formula is C17H12BrF3N2. The lowest BCUT2D eigenvalue weighted by Crippen LogP contribution is -2.05. The van der Waals surface area contributed by atoms with Crippen molar-refractivity contribution in [3.05, 3.63) is 76.4 Å². The number of hydrogen-bond acceptors (Lipinski definition) is 1. The quantitative estimate of drug-likeness (QED) is 0.596. The molecule has 0 atom stereocenters. The average Bonchev–Trinajstić information content (AvgIpc) is 2.95. The van der Waals surface area contributed by atoms with Gasteiger partial charge in [0.25, 0.3) is 0 Å². The third kappa shape index (κ3) is 3.82. The summed E-state index contributed by atoms with van der Waals surface area (Å²) in [6, 6.07) is 14.8. The second-order valence-electron chi connectivity index (χ2n) is 5.10. The molecule has 0 aliphatic rings. The number of alkyl halides is 3. The molecule has 0 aliphatic heterocycles. The molecule has 0 saturated heterocycles. The molecule has 0 amide bonds. The molecule has 0 N–H and O–H groups in total. The third-order valence-corrected chi connectivity index (χ3v) is 3.88. The van der Waals surface area contributed by atoms with E-state index >= 15 is 0 Å². The summed E-state index contributed by atoms with van der Waals surface area (Å²) in [5.41, 5.74) is 1.92. The van der Waals surface area contributed by atoms with Crippen LogP contribution in [0.4, 0.5) is 13.2 Å². The molecule has 0 saturated carbocycles. The van der Waals surface area contributed by atoms with Crippen LogP contribution in [-0.2, 0) is 12.7 Å². The molecule has 3 aromatic rings. The lowest BCUT2D eigenvalue weighted by atomic mass is 10.1. The summed E-state index contributed by atoms with van der Waals surface area (Å²) in [5, 5.41) is 4.46. The van der Waals surface area contributed by atoms with Crippen molar-refractivity contribution in [3.63, 3.8) is 0 Å². The number of aromatic nitrogens is 2. The van der Waals surface area contributed by atoms with Gasteiger partial charge in [-0.2, -0.15) is 18.3 Å². The van der Waals surface area contributed by atoms with Gasteiger partial charge in [0.05, 0.1) is 17.8 Å². The number of rotatable bonds is 3. The van der Waals surface area contributed by atoms with Gasteiger partial charge in [-0.05, 0) is 35.9 Å². The van der Waals surface area contributed by atoms with Gasteiger partial charge in [-0.3, -0.25) is 4.68 Å². The van der Waals surface area contributed by atoms with Crippen LogP contribution in [0.5, 0.6) is 0 Å². The highest BCUT2D eigenvalue weighted by Gasteiger charge is 2.29. The van der Waals surface area contributed by atoms with Crippen LogP contribution in [0, 0.1) is 0 Å². The standard InChI is InChI=1S/C17H12BrF3N2/c18-15-3-1-2-13(10-15)16-8-9-23(22-16)11-12-4-6-14(7-5-12)17(19,20)21/h1-10H,11H2. The van der Waals surface area contributed by atoms with Crippen LogP contribution in [0.15, 0.2) is 65.3 Å². The molecule has 23 heavy (non-hydrogen) atoms. The van der Waals surface area contributed by atoms with E-state index in [1.54, 1.807) is 4.68 Å². The average molecular weight is 381 g/mol. The van der Waals surface area contributed by atoms with Gasteiger partial charge in [-0.1, -0.05) is 40.2 Å². The van der Waals surface area contributed by atoms with Crippen LogP contribution >= 0.6 is 15.9 Å². The third-order valence-electron chi connectivity index (χ3n) is 3.39. The SMILES string of the molecule is FC(F)(F)c1ccc(Cn2ccc(-c3cccc(Br)c3)n2)cc1. The number of hydrogen-bond donors (Lipinski definition) is 0. The predicted octanol–water partition coefficient (Wildman–Crippen LogP) is 5.38. The first-order valence-corrected chi connectivity index (χ1v) is 7.67. The molecule has 0 bridgehead atoms. The second-order valence-corrected chi connectivity index (χ2v) is 6.02. The monoisotopic (exact) mass is 380 g/mol. The summed E-state index contributed by atoms with van der Waals surface area (Å²) in [7, 11) is 0. The van der Waals surface area contributed by atoms with Crippen LogP contribution in [0.25, 0.3) is 11.3 Å². The van der Waals surface area contributed by atoms with Gasteiger partial charge in [-0.15, -0.1) is 0 Å². The number of nitrogens with zero attached hydrogens (tertiary/aromatic N) is 2. The van der Waals surface area contributed by atoms with E-state index in [1.807, 2.05) is 36.5 Å². The molecule has 6 heteroatoms. The van der Waals surface area contributed by atoms with Gasteiger partial charge >= 0.3 is 6.18 Å². The van der Waals surface area contributed by atoms with E-state index in [4.69, 9.17) is 0 Å². The molecule has 1 aromatic heterocycles. The zero-order valence-corrected chi connectivity index (χ0v) is 13.5. The molecule has 3 rings (SSSR count). The van der Waals surface area contributed by atoms with E-state index in [2.05, 4.69) is 21.0 Å². The Morgan fingerprint density at radius 1 is 1.00 bits per heavy atom. The minimum atomic E-state index is -4.31. The molecule has 2 aromatic carbocycles. The number of halogens is 4. The maximum absolute atomic E-state index is 12.5. The van der Waals surface area contributed by atoms with Crippen molar-refractivity contribution < 1.29 is 13.2 Å². The highest BCUT2D eigenvalue weighted by atomic mass is 79.9. The fourth-order valence-electron chi connectivity index (χ4n) is 2.24. The van der Waals surface area contributed by atoms with Crippen LogP contribution in [0.3, 0.4) is 0 Å². The summed E-state index contributed by atoms with van der Waals surface area (Å²) < 4.78 is 40.3. The highest BCUT2D eigenvalue weighted by molar-refractivity contribution is 9.10.